The minimum atomic E-state index is -4.65. The number of alkyl halides is 3. The van der Waals surface area contributed by atoms with Crippen molar-refractivity contribution in [2.45, 2.75) is 19.6 Å². The number of rotatable bonds is 5. The summed E-state index contributed by atoms with van der Waals surface area (Å²) in [6.45, 7) is 2.26. The molecule has 0 fully saturated rings. The molecule has 0 atom stereocenters. The molecule has 40 heavy (non-hydrogen) atoms. The minimum absolute atomic E-state index is 0.0938. The predicted molar refractivity (Wildman–Crippen MR) is 148 cm³/mol. The number of para-hydroxylation sites is 1. The average Bonchev–Trinajstić information content (AvgIpc) is 3.65. The highest BCUT2D eigenvalue weighted by molar-refractivity contribution is 7.16. The molecule has 0 bridgehead atoms. The summed E-state index contributed by atoms with van der Waals surface area (Å²) in [6, 6.07) is 15.9. The first-order valence-corrected chi connectivity index (χ1v) is 13.1. The van der Waals surface area contributed by atoms with Crippen LogP contribution < -0.4 is 11.0 Å². The van der Waals surface area contributed by atoms with Crippen LogP contribution in [0, 0.1) is 0 Å². The summed E-state index contributed by atoms with van der Waals surface area (Å²) in [4.78, 5) is 30.1. The molecule has 12 heteroatoms. The molecule has 0 saturated carbocycles. The van der Waals surface area contributed by atoms with E-state index in [0.29, 0.717) is 40.2 Å². The summed E-state index contributed by atoms with van der Waals surface area (Å²) in [5.74, 6) is -0.665. The number of carbonyl (C=O) groups excluding carboxylic acids is 1. The number of fused-ring (bicyclic) bond motifs is 2. The molecule has 1 N–H and O–H groups in total. The minimum Gasteiger partial charge on any atom is -0.340 e. The Morgan fingerprint density at radius 2 is 1.85 bits per heavy atom. The molecule has 8 nitrogen and oxygen atoms in total. The second kappa shape index (κ2) is 9.49. The molecule has 0 aliphatic rings. The van der Waals surface area contributed by atoms with Crippen molar-refractivity contribution < 1.29 is 18.0 Å². The van der Waals surface area contributed by atoms with Crippen molar-refractivity contribution in [2.24, 2.45) is 7.05 Å². The van der Waals surface area contributed by atoms with Crippen molar-refractivity contribution in [3.05, 3.63) is 94.1 Å². The highest BCUT2D eigenvalue weighted by Gasteiger charge is 2.33. The zero-order valence-corrected chi connectivity index (χ0v) is 22.0. The van der Waals surface area contributed by atoms with E-state index in [4.69, 9.17) is 0 Å². The fourth-order valence-electron chi connectivity index (χ4n) is 4.85. The fraction of sp³-hybridized carbons (Fsp3) is 0.143. The second-order valence-corrected chi connectivity index (χ2v) is 10.0. The number of amides is 1. The van der Waals surface area contributed by atoms with Crippen LogP contribution in [-0.4, -0.2) is 29.8 Å². The van der Waals surface area contributed by atoms with Crippen LogP contribution in [-0.2, 0) is 19.8 Å². The predicted octanol–water partition coefficient (Wildman–Crippen LogP) is 6.09. The highest BCUT2D eigenvalue weighted by atomic mass is 32.1. The van der Waals surface area contributed by atoms with Crippen LogP contribution >= 0.6 is 11.3 Å². The standard InChI is InChI=1S/C28H21F3N6O2S/c1-3-36-22(16-7-9-19(10-8-16)37-14-33-35(2)27(37)39)12-17-11-18(28(29,30)31)13-20(25(17)36)26(38)34-21-5-4-6-23-24(21)32-15-40-23/h4-15H,3H2,1-2H3,(H,34,38). The Labute approximate surface area is 228 Å². The summed E-state index contributed by atoms with van der Waals surface area (Å²) in [6.07, 6.45) is -3.23. The maximum atomic E-state index is 13.9. The largest absolute Gasteiger partial charge is 0.416 e. The smallest absolute Gasteiger partial charge is 0.340 e. The van der Waals surface area contributed by atoms with Crippen molar-refractivity contribution in [3.63, 3.8) is 0 Å². The molecule has 0 saturated heterocycles. The van der Waals surface area contributed by atoms with E-state index in [9.17, 15) is 22.8 Å². The Bertz CT molecular complexity index is 1960. The van der Waals surface area contributed by atoms with Gasteiger partial charge in [0.05, 0.1) is 38.2 Å². The molecule has 6 rings (SSSR count). The lowest BCUT2D eigenvalue weighted by molar-refractivity contribution is -0.137. The first-order valence-electron chi connectivity index (χ1n) is 12.2. The Morgan fingerprint density at radius 1 is 1.07 bits per heavy atom. The monoisotopic (exact) mass is 562 g/mol. The SMILES string of the molecule is CCn1c(-c2ccc(-n3cnn(C)c3=O)cc2)cc2cc(C(F)(F)F)cc(C(=O)Nc3cccc4scnc34)c21. The molecule has 3 aromatic carbocycles. The van der Waals surface area contributed by atoms with E-state index in [0.717, 1.165) is 16.8 Å². The Hall–Kier alpha value is -4.71. The second-order valence-electron chi connectivity index (χ2n) is 9.15. The number of aryl methyl sites for hydroxylation is 2. The summed E-state index contributed by atoms with van der Waals surface area (Å²) in [7, 11) is 1.55. The topological polar surface area (TPSA) is 86.7 Å². The van der Waals surface area contributed by atoms with Gasteiger partial charge in [-0.15, -0.1) is 11.3 Å². The van der Waals surface area contributed by atoms with Crippen LogP contribution in [0.15, 0.2) is 77.3 Å². The number of hydrogen-bond donors (Lipinski definition) is 1. The molecular weight excluding hydrogens is 541 g/mol. The van der Waals surface area contributed by atoms with E-state index < -0.39 is 17.6 Å². The van der Waals surface area contributed by atoms with Crippen molar-refractivity contribution >= 4 is 44.1 Å². The van der Waals surface area contributed by atoms with Crippen LogP contribution in [0.1, 0.15) is 22.8 Å². The van der Waals surface area contributed by atoms with Gasteiger partial charge in [0.25, 0.3) is 5.91 Å². The summed E-state index contributed by atoms with van der Waals surface area (Å²) < 4.78 is 47.0. The molecule has 0 aliphatic heterocycles. The Balaban J connectivity index is 1.48. The van der Waals surface area contributed by atoms with Gasteiger partial charge in [0.15, 0.2) is 0 Å². The third kappa shape index (κ3) is 4.26. The van der Waals surface area contributed by atoms with Gasteiger partial charge in [-0.3, -0.25) is 4.79 Å². The molecule has 0 aliphatic carbocycles. The maximum Gasteiger partial charge on any atom is 0.416 e. The molecule has 1 amide bonds. The van der Waals surface area contributed by atoms with Gasteiger partial charge < -0.3 is 9.88 Å². The molecule has 3 aromatic heterocycles. The van der Waals surface area contributed by atoms with E-state index >= 15 is 0 Å². The number of carbonyl (C=O) groups is 1. The number of nitrogens with zero attached hydrogens (tertiary/aromatic N) is 5. The van der Waals surface area contributed by atoms with Crippen LogP contribution in [0.3, 0.4) is 0 Å². The van der Waals surface area contributed by atoms with E-state index in [1.54, 1.807) is 55.0 Å². The van der Waals surface area contributed by atoms with Crippen molar-refractivity contribution in [1.29, 1.82) is 0 Å². The quantitative estimate of drug-likeness (QED) is 0.275. The molecule has 202 valence electrons. The normalized spacial score (nSPS) is 11.9. The van der Waals surface area contributed by atoms with E-state index in [1.807, 2.05) is 17.6 Å². The van der Waals surface area contributed by atoms with Gasteiger partial charge in [-0.05, 0) is 55.0 Å². The van der Waals surface area contributed by atoms with Gasteiger partial charge in [-0.25, -0.2) is 19.0 Å². The Kier molecular flexibility index (Phi) is 6.06. The van der Waals surface area contributed by atoms with Crippen molar-refractivity contribution in [1.82, 2.24) is 23.9 Å². The number of benzene rings is 3. The van der Waals surface area contributed by atoms with Gasteiger partial charge in [0.2, 0.25) is 0 Å². The third-order valence-corrected chi connectivity index (χ3v) is 7.55. The number of thiazole rings is 1. The average molecular weight is 563 g/mol. The number of nitrogens with one attached hydrogen (secondary N) is 1. The third-order valence-electron chi connectivity index (χ3n) is 6.75. The lowest BCUT2D eigenvalue weighted by Crippen LogP contribution is -2.21. The molecular formula is C28H21F3N6O2S. The molecule has 0 unspecified atom stereocenters. The van der Waals surface area contributed by atoms with E-state index in [1.165, 1.54) is 26.9 Å². The Morgan fingerprint density at radius 3 is 2.52 bits per heavy atom. The fourth-order valence-corrected chi connectivity index (χ4v) is 5.55. The van der Waals surface area contributed by atoms with Crippen molar-refractivity contribution in [2.75, 3.05) is 5.32 Å². The summed E-state index contributed by atoms with van der Waals surface area (Å²) in [5, 5.41) is 7.02. The molecule has 0 radical (unpaired) electrons. The van der Waals surface area contributed by atoms with Crippen LogP contribution in [0.25, 0.3) is 38.1 Å². The van der Waals surface area contributed by atoms with Gasteiger partial charge in [-0.1, -0.05) is 18.2 Å². The van der Waals surface area contributed by atoms with Gasteiger partial charge >= 0.3 is 11.9 Å². The number of aromatic nitrogens is 5. The molecule has 0 spiro atoms. The van der Waals surface area contributed by atoms with Crippen molar-refractivity contribution in [3.8, 4) is 16.9 Å². The van der Waals surface area contributed by atoms with Gasteiger partial charge in [0.1, 0.15) is 11.8 Å². The first kappa shape index (κ1) is 25.6. The van der Waals surface area contributed by atoms with E-state index in [-0.39, 0.29) is 16.6 Å². The van der Waals surface area contributed by atoms with E-state index in [2.05, 4.69) is 15.4 Å². The number of anilines is 1. The summed E-state index contributed by atoms with van der Waals surface area (Å²) >= 11 is 1.40. The van der Waals surface area contributed by atoms with Crippen LogP contribution in [0.4, 0.5) is 18.9 Å². The first-order chi connectivity index (χ1) is 19.2. The summed E-state index contributed by atoms with van der Waals surface area (Å²) in [5.41, 5.74) is 3.66. The lowest BCUT2D eigenvalue weighted by atomic mass is 10.0. The molecule has 3 heterocycles. The van der Waals surface area contributed by atoms with Crippen LogP contribution in [0.5, 0.6) is 0 Å². The highest BCUT2D eigenvalue weighted by Crippen LogP contribution is 2.37. The zero-order chi connectivity index (χ0) is 28.2. The van der Waals surface area contributed by atoms with Gasteiger partial charge in [0, 0.05) is 24.7 Å². The van der Waals surface area contributed by atoms with Crippen LogP contribution in [0.2, 0.25) is 0 Å². The zero-order valence-electron chi connectivity index (χ0n) is 21.2. The maximum absolute atomic E-state index is 13.9. The number of hydrogen-bond acceptors (Lipinski definition) is 5. The van der Waals surface area contributed by atoms with Gasteiger partial charge in [-0.2, -0.15) is 18.3 Å². The number of halogens is 3. The lowest BCUT2D eigenvalue weighted by Gasteiger charge is -2.15. The molecule has 6 aromatic rings.